The van der Waals surface area contributed by atoms with Crippen molar-refractivity contribution in [3.8, 4) is 0 Å². The van der Waals surface area contributed by atoms with E-state index in [1.807, 2.05) is 113 Å². The predicted octanol–water partition coefficient (Wildman–Crippen LogP) is 8.84. The lowest BCUT2D eigenvalue weighted by atomic mass is 9.66. The van der Waals surface area contributed by atoms with Crippen LogP contribution in [0.2, 0.25) is 0 Å². The maximum atomic E-state index is 14.6. The van der Waals surface area contributed by atoms with Gasteiger partial charge in [0.25, 0.3) is 0 Å². The van der Waals surface area contributed by atoms with Crippen LogP contribution in [0.4, 0.5) is 0 Å². The SMILES string of the molecule is CCCC(O)(CCC)[C@@H](NC(=O)C1(C(=O)N[C@@H](c2cccc3ccccc23)C(O)(CCC)CCC)CCC1)c1cccc2ccccc12. The fourth-order valence-corrected chi connectivity index (χ4v) is 8.19. The topological polar surface area (TPSA) is 98.7 Å². The molecular weight excluding hydrogens is 596 g/mol. The highest BCUT2D eigenvalue weighted by molar-refractivity contribution is 6.06. The van der Waals surface area contributed by atoms with Crippen molar-refractivity contribution in [2.24, 2.45) is 5.41 Å². The zero-order chi connectivity index (χ0) is 34.4. The van der Waals surface area contributed by atoms with Crippen molar-refractivity contribution in [3.63, 3.8) is 0 Å². The van der Waals surface area contributed by atoms with Gasteiger partial charge in [-0.05, 0) is 71.2 Å². The van der Waals surface area contributed by atoms with E-state index >= 15 is 0 Å². The first kappa shape index (κ1) is 35.6. The first-order chi connectivity index (χ1) is 23.2. The molecule has 4 aromatic rings. The lowest BCUT2D eigenvalue weighted by Crippen LogP contribution is -2.60. The van der Waals surface area contributed by atoms with Crippen LogP contribution in [0.25, 0.3) is 21.5 Å². The number of nitrogens with one attached hydrogen (secondary N) is 2. The molecule has 4 aromatic carbocycles. The van der Waals surface area contributed by atoms with E-state index in [1.165, 1.54) is 0 Å². The second-order valence-electron chi connectivity index (χ2n) is 14.1. The molecule has 5 rings (SSSR count). The van der Waals surface area contributed by atoms with Gasteiger partial charge in [-0.25, -0.2) is 0 Å². The lowest BCUT2D eigenvalue weighted by molar-refractivity contribution is -0.154. The van der Waals surface area contributed by atoms with Crippen molar-refractivity contribution in [2.75, 3.05) is 0 Å². The normalized spacial score (nSPS) is 15.9. The second-order valence-corrected chi connectivity index (χ2v) is 14.1. The smallest absolute Gasteiger partial charge is 0.236 e. The Hall–Kier alpha value is -3.74. The van der Waals surface area contributed by atoms with E-state index in [1.54, 1.807) is 0 Å². The van der Waals surface area contributed by atoms with Crippen molar-refractivity contribution in [1.29, 1.82) is 0 Å². The van der Waals surface area contributed by atoms with Gasteiger partial charge in [0.2, 0.25) is 11.8 Å². The lowest BCUT2D eigenvalue weighted by Gasteiger charge is -2.45. The molecule has 1 saturated carbocycles. The third-order valence-electron chi connectivity index (χ3n) is 10.7. The Balaban J connectivity index is 1.55. The van der Waals surface area contributed by atoms with Crippen LogP contribution in [0.3, 0.4) is 0 Å². The van der Waals surface area contributed by atoms with Gasteiger partial charge in [-0.3, -0.25) is 9.59 Å². The number of carbonyl (C=O) groups excluding carboxylic acids is 2. The molecule has 0 aliphatic heterocycles. The molecule has 6 heteroatoms. The van der Waals surface area contributed by atoms with Gasteiger partial charge in [-0.1, -0.05) is 145 Å². The summed E-state index contributed by atoms with van der Waals surface area (Å²) in [5.74, 6) is -0.720. The average molecular weight is 651 g/mol. The minimum atomic E-state index is -1.30. The van der Waals surface area contributed by atoms with Crippen LogP contribution in [0, 0.1) is 5.41 Å². The van der Waals surface area contributed by atoms with Gasteiger partial charge in [0, 0.05) is 0 Å². The van der Waals surface area contributed by atoms with Gasteiger partial charge >= 0.3 is 0 Å². The summed E-state index contributed by atoms with van der Waals surface area (Å²) in [5.41, 5.74) is -1.98. The molecule has 0 aromatic heterocycles. The summed E-state index contributed by atoms with van der Waals surface area (Å²) < 4.78 is 0. The largest absolute Gasteiger partial charge is 0.387 e. The van der Waals surface area contributed by atoms with E-state index in [2.05, 4.69) is 10.6 Å². The number of amides is 2. The molecule has 1 aliphatic rings. The van der Waals surface area contributed by atoms with E-state index in [0.29, 0.717) is 38.5 Å². The number of benzene rings is 4. The Kier molecular flexibility index (Phi) is 11.3. The molecule has 1 fully saturated rings. The van der Waals surface area contributed by atoms with Gasteiger partial charge in [-0.15, -0.1) is 0 Å². The molecule has 4 N–H and O–H groups in total. The Labute approximate surface area is 286 Å². The number of hydrogen-bond donors (Lipinski definition) is 4. The zero-order valence-electron chi connectivity index (χ0n) is 29.2. The number of hydrogen-bond acceptors (Lipinski definition) is 4. The minimum absolute atomic E-state index is 0.360. The molecule has 2 atom stereocenters. The average Bonchev–Trinajstić information content (AvgIpc) is 3.05. The third kappa shape index (κ3) is 6.88. The molecule has 0 bridgehead atoms. The van der Waals surface area contributed by atoms with Crippen LogP contribution in [-0.4, -0.2) is 33.2 Å². The quantitative estimate of drug-likeness (QED) is 0.0911. The van der Waals surface area contributed by atoms with E-state index in [9.17, 15) is 19.8 Å². The maximum absolute atomic E-state index is 14.6. The molecule has 2 amide bonds. The van der Waals surface area contributed by atoms with Gasteiger partial charge < -0.3 is 20.8 Å². The predicted molar refractivity (Wildman–Crippen MR) is 195 cm³/mol. The van der Waals surface area contributed by atoms with Crippen molar-refractivity contribution < 1.29 is 19.8 Å². The van der Waals surface area contributed by atoms with Crippen molar-refractivity contribution in [1.82, 2.24) is 10.6 Å². The first-order valence-electron chi connectivity index (χ1n) is 18.2. The fraction of sp³-hybridized carbons (Fsp3) is 0.476. The molecule has 0 saturated heterocycles. The first-order valence-corrected chi connectivity index (χ1v) is 18.2. The Morgan fingerprint density at radius 2 is 0.958 bits per heavy atom. The van der Waals surface area contributed by atoms with Crippen LogP contribution >= 0.6 is 0 Å². The molecule has 0 spiro atoms. The number of fused-ring (bicyclic) bond motifs is 2. The summed E-state index contributed by atoms with van der Waals surface area (Å²) in [7, 11) is 0. The van der Waals surface area contributed by atoms with E-state index in [0.717, 1.165) is 64.8 Å². The summed E-state index contributed by atoms with van der Waals surface area (Å²) in [6.45, 7) is 8.19. The van der Waals surface area contributed by atoms with Gasteiger partial charge in [0.15, 0.2) is 0 Å². The minimum Gasteiger partial charge on any atom is -0.387 e. The monoisotopic (exact) mass is 650 g/mol. The van der Waals surface area contributed by atoms with Gasteiger partial charge in [-0.2, -0.15) is 0 Å². The molecule has 6 nitrogen and oxygen atoms in total. The zero-order valence-corrected chi connectivity index (χ0v) is 29.2. The van der Waals surface area contributed by atoms with Crippen molar-refractivity contribution >= 4 is 33.4 Å². The fourth-order valence-electron chi connectivity index (χ4n) is 8.19. The maximum Gasteiger partial charge on any atom is 0.236 e. The highest BCUT2D eigenvalue weighted by Gasteiger charge is 2.54. The Morgan fingerprint density at radius 3 is 1.29 bits per heavy atom. The molecular formula is C42H54N2O4. The molecule has 48 heavy (non-hydrogen) atoms. The number of rotatable bonds is 16. The van der Waals surface area contributed by atoms with Gasteiger partial charge in [0.05, 0.1) is 23.3 Å². The van der Waals surface area contributed by atoms with Gasteiger partial charge in [0.1, 0.15) is 5.41 Å². The summed E-state index contributed by atoms with van der Waals surface area (Å²) >= 11 is 0. The van der Waals surface area contributed by atoms with Crippen LogP contribution < -0.4 is 10.6 Å². The highest BCUT2D eigenvalue weighted by Crippen LogP contribution is 2.46. The van der Waals surface area contributed by atoms with Crippen molar-refractivity contribution in [2.45, 2.75) is 122 Å². The molecule has 1 aliphatic carbocycles. The molecule has 0 heterocycles. The van der Waals surface area contributed by atoms with E-state index < -0.39 is 28.7 Å². The van der Waals surface area contributed by atoms with Crippen LogP contribution in [0.1, 0.15) is 122 Å². The Morgan fingerprint density at radius 1 is 0.604 bits per heavy atom. The summed E-state index contributed by atoms with van der Waals surface area (Å²) in [4.78, 5) is 29.3. The molecule has 0 radical (unpaired) electrons. The summed E-state index contributed by atoms with van der Waals surface area (Å²) in [5, 5.41) is 35.2. The van der Waals surface area contributed by atoms with Crippen LogP contribution in [-0.2, 0) is 9.59 Å². The van der Waals surface area contributed by atoms with E-state index in [-0.39, 0.29) is 11.8 Å². The second kappa shape index (κ2) is 15.2. The third-order valence-corrected chi connectivity index (χ3v) is 10.7. The molecule has 256 valence electrons. The summed E-state index contributed by atoms with van der Waals surface area (Å²) in [6, 6.07) is 26.7. The standard InChI is InChI=1S/C42H54N2O4/c1-5-24-41(47,25-6-2)36(34-22-13-18-30-16-9-11-20-32(30)34)43-38(45)40(28-15-29-40)39(46)44-37(42(48,26-7-3)27-8-4)35-23-14-19-31-17-10-12-21-33(31)35/h9-14,16-23,36-37,47-48H,5-8,15,24-29H2,1-4H3,(H,43,45)(H,44,46)/t36-,37-/m0/s1. The van der Waals surface area contributed by atoms with Crippen molar-refractivity contribution in [3.05, 3.63) is 96.1 Å². The van der Waals surface area contributed by atoms with E-state index in [4.69, 9.17) is 0 Å². The number of carbonyl (C=O) groups is 2. The Bertz CT molecular complexity index is 1570. The molecule has 0 unspecified atom stereocenters. The number of aliphatic hydroxyl groups is 2. The van der Waals surface area contributed by atoms with Crippen LogP contribution in [0.15, 0.2) is 84.9 Å². The summed E-state index contributed by atoms with van der Waals surface area (Å²) in [6.07, 6.45) is 6.62. The van der Waals surface area contributed by atoms with Crippen LogP contribution in [0.5, 0.6) is 0 Å². The highest BCUT2D eigenvalue weighted by atomic mass is 16.3.